The first-order valence-corrected chi connectivity index (χ1v) is 7.85. The highest BCUT2D eigenvalue weighted by Gasteiger charge is 2.26. The van der Waals surface area contributed by atoms with Crippen LogP contribution in [0, 0.1) is 5.41 Å². The maximum atomic E-state index is 12.2. The van der Waals surface area contributed by atoms with Crippen LogP contribution in [0.3, 0.4) is 0 Å². The third kappa shape index (κ3) is 6.67. The predicted octanol–water partition coefficient (Wildman–Crippen LogP) is 3.61. The molecular formula is C17H29ClN2O3. The zero-order valence-electron chi connectivity index (χ0n) is 14.5. The van der Waals surface area contributed by atoms with Crippen molar-refractivity contribution in [2.24, 2.45) is 11.1 Å². The summed E-state index contributed by atoms with van der Waals surface area (Å²) in [5.41, 5.74) is 5.70. The molecule has 5 nitrogen and oxygen atoms in total. The summed E-state index contributed by atoms with van der Waals surface area (Å²) in [4.78, 5) is 12.2. The van der Waals surface area contributed by atoms with E-state index in [0.717, 1.165) is 12.8 Å². The predicted molar refractivity (Wildman–Crippen MR) is 96.7 cm³/mol. The van der Waals surface area contributed by atoms with Crippen molar-refractivity contribution in [2.75, 3.05) is 25.1 Å². The van der Waals surface area contributed by atoms with Gasteiger partial charge < -0.3 is 20.5 Å². The van der Waals surface area contributed by atoms with Gasteiger partial charge in [0, 0.05) is 18.3 Å². The molecule has 0 unspecified atom stereocenters. The normalized spacial score (nSPS) is 10.7. The summed E-state index contributed by atoms with van der Waals surface area (Å²) < 4.78 is 11.4. The Morgan fingerprint density at radius 2 is 1.70 bits per heavy atom. The van der Waals surface area contributed by atoms with Gasteiger partial charge in [-0.2, -0.15) is 0 Å². The zero-order chi connectivity index (χ0) is 16.6. The molecule has 0 heterocycles. The van der Waals surface area contributed by atoms with Crippen LogP contribution in [0.5, 0.6) is 11.5 Å². The molecule has 1 aromatic carbocycles. The Labute approximate surface area is 145 Å². The highest BCUT2D eigenvalue weighted by molar-refractivity contribution is 5.95. The van der Waals surface area contributed by atoms with Crippen LogP contribution in [0.15, 0.2) is 18.2 Å². The second kappa shape index (κ2) is 10.3. The maximum absolute atomic E-state index is 12.2. The number of benzene rings is 1. The first kappa shape index (κ1) is 21.5. The van der Waals surface area contributed by atoms with Gasteiger partial charge in [-0.3, -0.25) is 4.79 Å². The van der Waals surface area contributed by atoms with Crippen molar-refractivity contribution in [1.29, 1.82) is 0 Å². The molecule has 0 bridgehead atoms. The standard InChI is InChI=1S/C17H28N2O3.ClH/c1-5-9-21-14-8-7-13(11-15(14)22-10-6-2)19-16(20)17(3,4)12-18;/h7-8,11H,5-6,9-10,12,18H2,1-4H3,(H,19,20);1H. The molecule has 0 saturated carbocycles. The summed E-state index contributed by atoms with van der Waals surface area (Å²) in [5, 5.41) is 2.88. The highest BCUT2D eigenvalue weighted by Crippen LogP contribution is 2.31. The Morgan fingerprint density at radius 1 is 1.13 bits per heavy atom. The Kier molecular flexibility index (Phi) is 9.68. The van der Waals surface area contributed by atoms with Gasteiger partial charge in [-0.25, -0.2) is 0 Å². The molecular weight excluding hydrogens is 316 g/mol. The lowest BCUT2D eigenvalue weighted by molar-refractivity contribution is -0.123. The average molecular weight is 345 g/mol. The second-order valence-corrected chi connectivity index (χ2v) is 5.90. The van der Waals surface area contributed by atoms with E-state index in [9.17, 15) is 4.79 Å². The van der Waals surface area contributed by atoms with Crippen molar-refractivity contribution in [3.05, 3.63) is 18.2 Å². The molecule has 0 atom stereocenters. The average Bonchev–Trinajstić information content (AvgIpc) is 2.51. The number of carbonyl (C=O) groups is 1. The fourth-order valence-corrected chi connectivity index (χ4v) is 1.63. The summed E-state index contributed by atoms with van der Waals surface area (Å²) >= 11 is 0. The van der Waals surface area contributed by atoms with Crippen LogP contribution in [-0.4, -0.2) is 25.7 Å². The molecule has 0 radical (unpaired) electrons. The smallest absolute Gasteiger partial charge is 0.231 e. The van der Waals surface area contributed by atoms with Crippen molar-refractivity contribution in [3.8, 4) is 11.5 Å². The fourth-order valence-electron chi connectivity index (χ4n) is 1.63. The summed E-state index contributed by atoms with van der Waals surface area (Å²) in [7, 11) is 0. The van der Waals surface area contributed by atoms with Crippen LogP contribution >= 0.6 is 12.4 Å². The number of nitrogens with one attached hydrogen (secondary N) is 1. The zero-order valence-corrected chi connectivity index (χ0v) is 15.3. The first-order valence-electron chi connectivity index (χ1n) is 7.85. The van der Waals surface area contributed by atoms with Gasteiger partial charge in [0.05, 0.1) is 18.6 Å². The minimum atomic E-state index is -0.609. The molecule has 0 aliphatic rings. The van der Waals surface area contributed by atoms with Crippen molar-refractivity contribution in [2.45, 2.75) is 40.5 Å². The highest BCUT2D eigenvalue weighted by atomic mass is 35.5. The Bertz CT molecular complexity index is 493. The van der Waals surface area contributed by atoms with Gasteiger partial charge in [0.1, 0.15) is 0 Å². The van der Waals surface area contributed by atoms with Crippen LogP contribution in [0.1, 0.15) is 40.5 Å². The quantitative estimate of drug-likeness (QED) is 0.717. The third-order valence-corrected chi connectivity index (χ3v) is 3.25. The Hall–Kier alpha value is -1.46. The van der Waals surface area contributed by atoms with E-state index in [1.54, 1.807) is 6.07 Å². The molecule has 0 aromatic heterocycles. The summed E-state index contributed by atoms with van der Waals surface area (Å²) in [6.45, 7) is 9.25. The molecule has 0 fully saturated rings. The molecule has 6 heteroatoms. The SMILES string of the molecule is CCCOc1ccc(NC(=O)C(C)(C)CN)cc1OCCC.Cl. The van der Waals surface area contributed by atoms with Crippen LogP contribution in [-0.2, 0) is 4.79 Å². The molecule has 0 aliphatic heterocycles. The van der Waals surface area contributed by atoms with Gasteiger partial charge in [-0.1, -0.05) is 13.8 Å². The van der Waals surface area contributed by atoms with Crippen molar-refractivity contribution < 1.29 is 14.3 Å². The number of ether oxygens (including phenoxy) is 2. The van der Waals surface area contributed by atoms with Gasteiger partial charge in [0.25, 0.3) is 0 Å². The minimum Gasteiger partial charge on any atom is -0.490 e. The van der Waals surface area contributed by atoms with E-state index >= 15 is 0 Å². The van der Waals surface area contributed by atoms with E-state index in [4.69, 9.17) is 15.2 Å². The molecule has 23 heavy (non-hydrogen) atoms. The molecule has 1 amide bonds. The maximum Gasteiger partial charge on any atom is 0.231 e. The van der Waals surface area contributed by atoms with Crippen molar-refractivity contribution in [3.63, 3.8) is 0 Å². The van der Waals surface area contributed by atoms with E-state index in [-0.39, 0.29) is 24.9 Å². The summed E-state index contributed by atoms with van der Waals surface area (Å²) in [5.74, 6) is 1.24. The fraction of sp³-hybridized carbons (Fsp3) is 0.588. The van der Waals surface area contributed by atoms with Gasteiger partial charge >= 0.3 is 0 Å². The van der Waals surface area contributed by atoms with E-state index in [1.165, 1.54) is 0 Å². The Morgan fingerprint density at radius 3 is 2.22 bits per heavy atom. The minimum absolute atomic E-state index is 0. The van der Waals surface area contributed by atoms with Crippen LogP contribution in [0.2, 0.25) is 0 Å². The Balaban J connectivity index is 0.00000484. The van der Waals surface area contributed by atoms with Crippen LogP contribution in [0.25, 0.3) is 0 Å². The molecule has 3 N–H and O–H groups in total. The van der Waals surface area contributed by atoms with Gasteiger partial charge in [-0.15, -0.1) is 12.4 Å². The summed E-state index contributed by atoms with van der Waals surface area (Å²) in [6, 6.07) is 5.44. The van der Waals surface area contributed by atoms with Gasteiger partial charge in [0.15, 0.2) is 11.5 Å². The van der Waals surface area contributed by atoms with Gasteiger partial charge in [-0.05, 0) is 38.8 Å². The molecule has 1 rings (SSSR count). The number of hydrogen-bond donors (Lipinski definition) is 2. The lowest BCUT2D eigenvalue weighted by Crippen LogP contribution is -2.37. The van der Waals surface area contributed by atoms with Crippen LogP contribution in [0.4, 0.5) is 5.69 Å². The number of nitrogens with two attached hydrogens (primary N) is 1. The van der Waals surface area contributed by atoms with E-state index in [2.05, 4.69) is 12.2 Å². The number of hydrogen-bond acceptors (Lipinski definition) is 4. The largest absolute Gasteiger partial charge is 0.490 e. The number of halogens is 1. The van der Waals surface area contributed by atoms with E-state index in [0.29, 0.717) is 30.4 Å². The lowest BCUT2D eigenvalue weighted by atomic mass is 9.92. The molecule has 132 valence electrons. The molecule has 0 aliphatic carbocycles. The first-order chi connectivity index (χ1) is 10.4. The van der Waals surface area contributed by atoms with Crippen molar-refractivity contribution in [1.82, 2.24) is 0 Å². The second-order valence-electron chi connectivity index (χ2n) is 5.90. The van der Waals surface area contributed by atoms with E-state index < -0.39 is 5.41 Å². The summed E-state index contributed by atoms with van der Waals surface area (Å²) in [6.07, 6.45) is 1.83. The lowest BCUT2D eigenvalue weighted by Gasteiger charge is -2.21. The monoisotopic (exact) mass is 344 g/mol. The third-order valence-electron chi connectivity index (χ3n) is 3.25. The van der Waals surface area contributed by atoms with Gasteiger partial charge in [0.2, 0.25) is 5.91 Å². The topological polar surface area (TPSA) is 73.6 Å². The van der Waals surface area contributed by atoms with E-state index in [1.807, 2.05) is 32.9 Å². The van der Waals surface area contributed by atoms with Crippen LogP contribution < -0.4 is 20.5 Å². The molecule has 0 saturated heterocycles. The molecule has 0 spiro atoms. The number of anilines is 1. The molecule has 1 aromatic rings. The number of rotatable bonds is 9. The van der Waals surface area contributed by atoms with Crippen molar-refractivity contribution >= 4 is 24.0 Å². The number of carbonyl (C=O) groups excluding carboxylic acids is 1. The number of amides is 1.